The summed E-state index contributed by atoms with van der Waals surface area (Å²) in [6, 6.07) is 9.82. The minimum atomic E-state index is -0.350. The third-order valence-electron chi connectivity index (χ3n) is 4.01. The third-order valence-corrected chi connectivity index (χ3v) is 4.01. The van der Waals surface area contributed by atoms with Gasteiger partial charge in [-0.15, -0.1) is 0 Å². The Kier molecular flexibility index (Phi) is 4.12. The monoisotopic (exact) mass is 275 g/mol. The van der Waals surface area contributed by atoms with Crippen LogP contribution in [0.25, 0.3) is 0 Å². The average Bonchev–Trinajstić information content (AvgIpc) is 2.41. The number of amides is 1. The molecule has 0 bridgehead atoms. The molecule has 0 saturated carbocycles. The van der Waals surface area contributed by atoms with Gasteiger partial charge >= 0.3 is 5.97 Å². The molecule has 20 heavy (non-hydrogen) atoms. The maximum Gasteiger partial charge on any atom is 0.311 e. The van der Waals surface area contributed by atoms with Gasteiger partial charge in [-0.2, -0.15) is 0 Å². The molecule has 1 atom stereocenters. The highest BCUT2D eigenvalue weighted by atomic mass is 16.5. The molecule has 4 nitrogen and oxygen atoms in total. The molecule has 1 aliphatic rings. The molecule has 0 unspecified atom stereocenters. The van der Waals surface area contributed by atoms with E-state index in [-0.39, 0.29) is 23.2 Å². The molecule has 1 aromatic rings. The molecule has 1 heterocycles. The number of rotatable bonds is 3. The lowest BCUT2D eigenvalue weighted by Gasteiger charge is -2.41. The molecule has 1 aromatic carbocycles. The Hall–Kier alpha value is -1.84. The standard InChI is InChI=1S/C16H21NO3/c1-16(2)9-14(18)17(11-13(16)15(19)20-3)10-12-7-5-4-6-8-12/h4-8,13H,9-11H2,1-3H3/t13-/m1/s1. The van der Waals surface area contributed by atoms with Crippen LogP contribution in [0, 0.1) is 11.3 Å². The summed E-state index contributed by atoms with van der Waals surface area (Å²) in [4.78, 5) is 25.9. The van der Waals surface area contributed by atoms with Crippen LogP contribution >= 0.6 is 0 Å². The Balaban J connectivity index is 2.15. The summed E-state index contributed by atoms with van der Waals surface area (Å²) in [5, 5.41) is 0. The maximum atomic E-state index is 12.2. The number of piperidine rings is 1. The van der Waals surface area contributed by atoms with Crippen molar-refractivity contribution in [2.24, 2.45) is 11.3 Å². The maximum absolute atomic E-state index is 12.2. The normalized spacial score (nSPS) is 21.6. The molecular formula is C16H21NO3. The van der Waals surface area contributed by atoms with E-state index in [1.807, 2.05) is 44.2 Å². The van der Waals surface area contributed by atoms with Gasteiger partial charge in [0.1, 0.15) is 0 Å². The summed E-state index contributed by atoms with van der Waals surface area (Å²) >= 11 is 0. The van der Waals surface area contributed by atoms with E-state index >= 15 is 0 Å². The molecule has 1 saturated heterocycles. The van der Waals surface area contributed by atoms with Crippen molar-refractivity contribution in [3.05, 3.63) is 35.9 Å². The molecule has 4 heteroatoms. The highest BCUT2D eigenvalue weighted by Crippen LogP contribution is 2.37. The molecule has 0 aromatic heterocycles. The zero-order chi connectivity index (χ0) is 14.8. The van der Waals surface area contributed by atoms with Crippen molar-refractivity contribution in [3.8, 4) is 0 Å². The second-order valence-corrected chi connectivity index (χ2v) is 6.00. The van der Waals surface area contributed by atoms with Crippen molar-refractivity contribution in [2.75, 3.05) is 13.7 Å². The quantitative estimate of drug-likeness (QED) is 0.795. The summed E-state index contributed by atoms with van der Waals surface area (Å²) in [6.07, 6.45) is 0.375. The number of nitrogens with zero attached hydrogens (tertiary/aromatic N) is 1. The number of carbonyl (C=O) groups is 2. The Bertz CT molecular complexity index is 496. The van der Waals surface area contributed by atoms with Crippen molar-refractivity contribution in [1.82, 2.24) is 4.90 Å². The highest BCUT2D eigenvalue weighted by Gasteiger charge is 2.44. The fourth-order valence-electron chi connectivity index (χ4n) is 2.69. The predicted molar refractivity (Wildman–Crippen MR) is 75.8 cm³/mol. The number of methoxy groups -OCH3 is 1. The van der Waals surface area contributed by atoms with Gasteiger partial charge in [-0.1, -0.05) is 44.2 Å². The van der Waals surface area contributed by atoms with Crippen LogP contribution in [-0.2, 0) is 20.9 Å². The van der Waals surface area contributed by atoms with Gasteiger partial charge in [0.05, 0.1) is 13.0 Å². The number of benzene rings is 1. The van der Waals surface area contributed by atoms with E-state index in [2.05, 4.69) is 0 Å². The van der Waals surface area contributed by atoms with Gasteiger partial charge in [-0.05, 0) is 11.0 Å². The zero-order valence-corrected chi connectivity index (χ0v) is 12.3. The van der Waals surface area contributed by atoms with E-state index in [1.165, 1.54) is 7.11 Å². The fraction of sp³-hybridized carbons (Fsp3) is 0.500. The topological polar surface area (TPSA) is 46.6 Å². The average molecular weight is 275 g/mol. The molecule has 0 N–H and O–H groups in total. The number of esters is 1. The molecule has 108 valence electrons. The second-order valence-electron chi connectivity index (χ2n) is 6.00. The molecule has 1 aliphatic heterocycles. The van der Waals surface area contributed by atoms with Crippen molar-refractivity contribution >= 4 is 11.9 Å². The van der Waals surface area contributed by atoms with Gasteiger partial charge in [-0.3, -0.25) is 9.59 Å². The largest absolute Gasteiger partial charge is 0.469 e. The minimum absolute atomic E-state index is 0.0963. The lowest BCUT2D eigenvalue weighted by Crippen LogP contribution is -2.50. The number of hydrogen-bond acceptors (Lipinski definition) is 3. The fourth-order valence-corrected chi connectivity index (χ4v) is 2.69. The van der Waals surface area contributed by atoms with Gasteiger partial charge in [0.15, 0.2) is 0 Å². The summed E-state index contributed by atoms with van der Waals surface area (Å²) in [6.45, 7) is 4.87. The summed E-state index contributed by atoms with van der Waals surface area (Å²) in [5.74, 6) is -0.409. The van der Waals surface area contributed by atoms with E-state index in [1.54, 1.807) is 4.90 Å². The van der Waals surface area contributed by atoms with Crippen LogP contribution in [0.4, 0.5) is 0 Å². The molecule has 0 aliphatic carbocycles. The summed E-state index contributed by atoms with van der Waals surface area (Å²) in [7, 11) is 1.40. The van der Waals surface area contributed by atoms with Gasteiger partial charge in [0, 0.05) is 19.5 Å². The van der Waals surface area contributed by atoms with Crippen LogP contribution in [0.5, 0.6) is 0 Å². The van der Waals surface area contributed by atoms with Crippen LogP contribution in [0.1, 0.15) is 25.8 Å². The summed E-state index contributed by atoms with van der Waals surface area (Å²) in [5.41, 5.74) is 0.723. The Morgan fingerprint density at radius 1 is 1.35 bits per heavy atom. The van der Waals surface area contributed by atoms with Crippen molar-refractivity contribution < 1.29 is 14.3 Å². The molecule has 1 fully saturated rings. The van der Waals surface area contributed by atoms with Crippen molar-refractivity contribution in [3.63, 3.8) is 0 Å². The van der Waals surface area contributed by atoms with E-state index in [0.29, 0.717) is 19.5 Å². The van der Waals surface area contributed by atoms with Crippen LogP contribution in [-0.4, -0.2) is 30.4 Å². The second kappa shape index (κ2) is 5.65. The van der Waals surface area contributed by atoms with E-state index in [4.69, 9.17) is 4.74 Å². The first-order chi connectivity index (χ1) is 9.44. The Morgan fingerprint density at radius 2 is 2.00 bits per heavy atom. The van der Waals surface area contributed by atoms with Gasteiger partial charge < -0.3 is 9.64 Å². The van der Waals surface area contributed by atoms with Crippen molar-refractivity contribution in [1.29, 1.82) is 0 Å². The van der Waals surface area contributed by atoms with Crippen LogP contribution in [0.15, 0.2) is 30.3 Å². The number of hydrogen-bond donors (Lipinski definition) is 0. The van der Waals surface area contributed by atoms with Gasteiger partial charge in [-0.25, -0.2) is 0 Å². The van der Waals surface area contributed by atoms with Crippen LogP contribution < -0.4 is 0 Å². The number of likely N-dealkylation sites (tertiary alicyclic amines) is 1. The van der Waals surface area contributed by atoms with Crippen LogP contribution in [0.2, 0.25) is 0 Å². The number of ether oxygens (including phenoxy) is 1. The Morgan fingerprint density at radius 3 is 2.60 bits per heavy atom. The minimum Gasteiger partial charge on any atom is -0.469 e. The van der Waals surface area contributed by atoms with Crippen LogP contribution in [0.3, 0.4) is 0 Å². The molecule has 0 radical (unpaired) electrons. The Labute approximate surface area is 119 Å². The molecule has 0 spiro atoms. The number of carbonyl (C=O) groups excluding carboxylic acids is 2. The summed E-state index contributed by atoms with van der Waals surface area (Å²) < 4.78 is 4.88. The van der Waals surface area contributed by atoms with Gasteiger partial charge in [0.25, 0.3) is 0 Å². The molecule has 2 rings (SSSR count). The third kappa shape index (κ3) is 3.00. The SMILES string of the molecule is COC(=O)[C@H]1CN(Cc2ccccc2)C(=O)CC1(C)C. The highest BCUT2D eigenvalue weighted by molar-refractivity contribution is 5.82. The van der Waals surface area contributed by atoms with E-state index < -0.39 is 0 Å². The first-order valence-electron chi connectivity index (χ1n) is 6.83. The van der Waals surface area contributed by atoms with E-state index in [0.717, 1.165) is 5.56 Å². The lowest BCUT2D eigenvalue weighted by molar-refractivity contribution is -0.158. The molecule has 1 amide bonds. The first-order valence-corrected chi connectivity index (χ1v) is 6.83. The first kappa shape index (κ1) is 14.6. The lowest BCUT2D eigenvalue weighted by atomic mass is 9.73. The van der Waals surface area contributed by atoms with Crippen molar-refractivity contribution in [2.45, 2.75) is 26.8 Å². The van der Waals surface area contributed by atoms with Gasteiger partial charge in [0.2, 0.25) is 5.91 Å². The smallest absolute Gasteiger partial charge is 0.311 e. The molecular weight excluding hydrogens is 254 g/mol. The zero-order valence-electron chi connectivity index (χ0n) is 12.3. The predicted octanol–water partition coefficient (Wildman–Crippen LogP) is 2.23. The van der Waals surface area contributed by atoms with E-state index in [9.17, 15) is 9.59 Å².